The Morgan fingerprint density at radius 3 is 2.44 bits per heavy atom. The van der Waals surface area contributed by atoms with E-state index in [4.69, 9.17) is 4.74 Å². The zero-order valence-electron chi connectivity index (χ0n) is 15.5. The first kappa shape index (κ1) is 19.1. The molecule has 27 heavy (non-hydrogen) atoms. The highest BCUT2D eigenvalue weighted by Crippen LogP contribution is 2.17. The van der Waals surface area contributed by atoms with Gasteiger partial charge in [0.15, 0.2) is 6.54 Å². The van der Waals surface area contributed by atoms with Crippen LogP contribution in [0, 0.1) is 0 Å². The number of morpholine rings is 1. The van der Waals surface area contributed by atoms with E-state index in [-0.39, 0.29) is 17.9 Å². The van der Waals surface area contributed by atoms with Crippen molar-refractivity contribution in [1.82, 2.24) is 5.32 Å². The molecule has 2 amide bonds. The summed E-state index contributed by atoms with van der Waals surface area (Å²) >= 11 is 0. The summed E-state index contributed by atoms with van der Waals surface area (Å²) in [7, 11) is 0. The topological polar surface area (TPSA) is 71.9 Å². The lowest BCUT2D eigenvalue weighted by Crippen LogP contribution is -3.15. The average molecular weight is 368 g/mol. The van der Waals surface area contributed by atoms with E-state index in [9.17, 15) is 9.59 Å². The molecule has 1 fully saturated rings. The lowest BCUT2D eigenvalue weighted by molar-refractivity contribution is -0.899. The highest BCUT2D eigenvalue weighted by Gasteiger charge is 2.20. The molecule has 0 unspecified atom stereocenters. The molecule has 0 aromatic heterocycles. The van der Waals surface area contributed by atoms with E-state index < -0.39 is 0 Å². The van der Waals surface area contributed by atoms with Crippen LogP contribution >= 0.6 is 0 Å². The molecule has 0 radical (unpaired) electrons. The number of rotatable bonds is 6. The summed E-state index contributed by atoms with van der Waals surface area (Å²) in [5, 5.41) is 5.89. The predicted molar refractivity (Wildman–Crippen MR) is 104 cm³/mol. The van der Waals surface area contributed by atoms with Gasteiger partial charge in [-0.2, -0.15) is 0 Å². The third-order valence-electron chi connectivity index (χ3n) is 4.70. The number of carbonyl (C=O) groups is 2. The number of amides is 2. The highest BCUT2D eigenvalue weighted by atomic mass is 16.5. The Morgan fingerprint density at radius 2 is 1.70 bits per heavy atom. The van der Waals surface area contributed by atoms with E-state index >= 15 is 0 Å². The lowest BCUT2D eigenvalue weighted by Gasteiger charge is -2.23. The van der Waals surface area contributed by atoms with Crippen LogP contribution in [0.1, 0.15) is 28.9 Å². The van der Waals surface area contributed by atoms with E-state index in [1.54, 1.807) is 18.2 Å². The van der Waals surface area contributed by atoms with E-state index in [1.807, 2.05) is 43.3 Å². The van der Waals surface area contributed by atoms with Gasteiger partial charge in [0.25, 0.3) is 11.8 Å². The van der Waals surface area contributed by atoms with Crippen LogP contribution in [-0.4, -0.2) is 44.7 Å². The van der Waals surface area contributed by atoms with Crippen molar-refractivity contribution in [2.75, 3.05) is 38.2 Å². The maximum Gasteiger partial charge on any atom is 0.279 e. The minimum atomic E-state index is -0.207. The number of hydrogen-bond donors (Lipinski definition) is 3. The van der Waals surface area contributed by atoms with Gasteiger partial charge in [0, 0.05) is 0 Å². The first-order chi connectivity index (χ1) is 13.1. The van der Waals surface area contributed by atoms with Crippen LogP contribution in [0.4, 0.5) is 5.69 Å². The molecule has 1 aliphatic heterocycles. The van der Waals surface area contributed by atoms with Crippen molar-refractivity contribution in [2.24, 2.45) is 0 Å². The third-order valence-corrected chi connectivity index (χ3v) is 4.70. The number of hydrogen-bond acceptors (Lipinski definition) is 3. The largest absolute Gasteiger partial charge is 0.370 e. The number of nitrogens with one attached hydrogen (secondary N) is 3. The standard InChI is InChI=1S/C21H25N3O3/c1-16(17-7-3-2-4-8-17)22-21(26)18-9-5-6-10-19(18)23-20(25)15-24-11-13-27-14-12-24/h2-10,16H,11-15H2,1H3,(H,22,26)(H,23,25)/p+1/t16-/m1/s1. The van der Waals surface area contributed by atoms with Crippen LogP contribution in [0.15, 0.2) is 54.6 Å². The molecule has 2 aromatic carbocycles. The van der Waals surface area contributed by atoms with Gasteiger partial charge in [0.1, 0.15) is 13.1 Å². The fourth-order valence-corrected chi connectivity index (χ4v) is 3.15. The summed E-state index contributed by atoms with van der Waals surface area (Å²) in [5.41, 5.74) is 2.03. The lowest BCUT2D eigenvalue weighted by atomic mass is 10.1. The number of para-hydroxylation sites is 1. The first-order valence-corrected chi connectivity index (χ1v) is 9.29. The van der Waals surface area contributed by atoms with E-state index in [0.717, 1.165) is 18.7 Å². The zero-order valence-corrected chi connectivity index (χ0v) is 15.5. The van der Waals surface area contributed by atoms with Gasteiger partial charge in [-0.15, -0.1) is 0 Å². The smallest absolute Gasteiger partial charge is 0.279 e. The molecule has 142 valence electrons. The maximum atomic E-state index is 12.7. The Morgan fingerprint density at radius 1 is 1.04 bits per heavy atom. The van der Waals surface area contributed by atoms with E-state index in [1.165, 1.54) is 4.90 Å². The molecule has 1 heterocycles. The average Bonchev–Trinajstić information content (AvgIpc) is 2.69. The summed E-state index contributed by atoms with van der Waals surface area (Å²) in [6, 6.07) is 16.8. The second kappa shape index (κ2) is 9.30. The second-order valence-electron chi connectivity index (χ2n) is 6.74. The van der Waals surface area contributed by atoms with E-state index in [0.29, 0.717) is 31.0 Å². The van der Waals surface area contributed by atoms with Gasteiger partial charge in [-0.05, 0) is 24.6 Å². The van der Waals surface area contributed by atoms with Crippen LogP contribution < -0.4 is 15.5 Å². The summed E-state index contributed by atoms with van der Waals surface area (Å²) in [6.07, 6.45) is 0. The quantitative estimate of drug-likeness (QED) is 0.713. The van der Waals surface area contributed by atoms with Crippen molar-refractivity contribution in [1.29, 1.82) is 0 Å². The molecular weight excluding hydrogens is 342 g/mol. The van der Waals surface area contributed by atoms with Gasteiger partial charge in [0.05, 0.1) is 30.5 Å². The van der Waals surface area contributed by atoms with E-state index in [2.05, 4.69) is 10.6 Å². The van der Waals surface area contributed by atoms with Crippen molar-refractivity contribution < 1.29 is 19.2 Å². The zero-order chi connectivity index (χ0) is 19.1. The first-order valence-electron chi connectivity index (χ1n) is 9.29. The SMILES string of the molecule is C[C@@H](NC(=O)c1ccccc1NC(=O)C[NH+]1CCOCC1)c1ccccc1. The Hall–Kier alpha value is -2.70. The monoisotopic (exact) mass is 368 g/mol. The summed E-state index contributed by atoms with van der Waals surface area (Å²) in [5.74, 6) is -0.302. The number of ether oxygens (including phenoxy) is 1. The molecule has 3 N–H and O–H groups in total. The van der Waals surface area contributed by atoms with Crippen LogP contribution in [0.5, 0.6) is 0 Å². The minimum absolute atomic E-state index is 0.0942. The molecule has 6 heteroatoms. The van der Waals surface area contributed by atoms with Crippen LogP contribution in [0.2, 0.25) is 0 Å². The number of anilines is 1. The van der Waals surface area contributed by atoms with Gasteiger partial charge in [-0.25, -0.2) is 0 Å². The molecule has 1 saturated heterocycles. The fourth-order valence-electron chi connectivity index (χ4n) is 3.15. The summed E-state index contributed by atoms with van der Waals surface area (Å²) in [6.45, 7) is 5.32. The van der Waals surface area contributed by atoms with Gasteiger partial charge in [-0.3, -0.25) is 9.59 Å². The van der Waals surface area contributed by atoms with Crippen LogP contribution in [-0.2, 0) is 9.53 Å². The van der Waals surface area contributed by atoms with Crippen molar-refractivity contribution in [3.8, 4) is 0 Å². The number of quaternary nitrogens is 1. The van der Waals surface area contributed by atoms with Crippen molar-refractivity contribution >= 4 is 17.5 Å². The molecule has 1 atom stereocenters. The van der Waals surface area contributed by atoms with Gasteiger partial charge in [-0.1, -0.05) is 42.5 Å². The number of benzene rings is 2. The van der Waals surface area contributed by atoms with Crippen molar-refractivity contribution in [3.05, 3.63) is 65.7 Å². The second-order valence-corrected chi connectivity index (χ2v) is 6.74. The summed E-state index contributed by atoms with van der Waals surface area (Å²) < 4.78 is 5.32. The Kier molecular flexibility index (Phi) is 6.57. The highest BCUT2D eigenvalue weighted by molar-refractivity contribution is 6.04. The van der Waals surface area contributed by atoms with Gasteiger partial charge >= 0.3 is 0 Å². The molecule has 2 aromatic rings. The van der Waals surface area contributed by atoms with Gasteiger partial charge in [0.2, 0.25) is 0 Å². The molecule has 0 aliphatic carbocycles. The number of carbonyl (C=O) groups excluding carboxylic acids is 2. The fraction of sp³-hybridized carbons (Fsp3) is 0.333. The minimum Gasteiger partial charge on any atom is -0.370 e. The Bertz CT molecular complexity index is 773. The molecular formula is C21H26N3O3+. The predicted octanol–water partition coefficient (Wildman–Crippen LogP) is 1.03. The third kappa shape index (κ3) is 5.39. The van der Waals surface area contributed by atoms with Crippen molar-refractivity contribution in [3.63, 3.8) is 0 Å². The summed E-state index contributed by atoms with van der Waals surface area (Å²) in [4.78, 5) is 26.3. The Labute approximate surface area is 159 Å². The molecule has 0 saturated carbocycles. The maximum absolute atomic E-state index is 12.7. The van der Waals surface area contributed by atoms with Crippen LogP contribution in [0.3, 0.4) is 0 Å². The normalized spacial score (nSPS) is 15.7. The molecule has 6 nitrogen and oxygen atoms in total. The van der Waals surface area contributed by atoms with Crippen LogP contribution in [0.25, 0.3) is 0 Å². The molecule has 3 rings (SSSR count). The van der Waals surface area contributed by atoms with Gasteiger partial charge < -0.3 is 20.3 Å². The van der Waals surface area contributed by atoms with Crippen molar-refractivity contribution in [2.45, 2.75) is 13.0 Å². The molecule has 0 spiro atoms. The Balaban J connectivity index is 1.64. The molecule has 0 bridgehead atoms. The molecule has 1 aliphatic rings.